The predicted molar refractivity (Wildman–Crippen MR) is 54.5 cm³/mol. The van der Waals surface area contributed by atoms with Gasteiger partial charge in [-0.25, -0.2) is 9.97 Å². The van der Waals surface area contributed by atoms with Crippen molar-refractivity contribution in [2.75, 3.05) is 7.11 Å². The van der Waals surface area contributed by atoms with Crippen LogP contribution in [0.25, 0.3) is 0 Å². The van der Waals surface area contributed by atoms with Crippen molar-refractivity contribution in [2.24, 2.45) is 5.92 Å². The molecule has 1 atom stereocenters. The van der Waals surface area contributed by atoms with Gasteiger partial charge < -0.3 is 4.74 Å². The number of methoxy groups -OCH3 is 1. The second kappa shape index (κ2) is 4.55. The van der Waals surface area contributed by atoms with Gasteiger partial charge in [-0.05, 0) is 24.8 Å². The molecule has 0 amide bonds. The minimum atomic E-state index is -4.54. The summed E-state index contributed by atoms with van der Waals surface area (Å²) in [6, 6.07) is 0.782. The zero-order valence-corrected chi connectivity index (χ0v) is 9.57. The first-order chi connectivity index (χ1) is 8.43. The molecule has 1 saturated carbocycles. The number of hydrogen-bond donors (Lipinski definition) is 0. The van der Waals surface area contributed by atoms with E-state index in [4.69, 9.17) is 0 Å². The fraction of sp³-hybridized carbons (Fsp3) is 0.545. The summed E-state index contributed by atoms with van der Waals surface area (Å²) in [5, 5.41) is 0. The molecule has 1 aromatic heterocycles. The van der Waals surface area contributed by atoms with Gasteiger partial charge in [0.1, 0.15) is 17.4 Å². The van der Waals surface area contributed by atoms with E-state index in [-0.39, 0.29) is 11.7 Å². The molecular weight excluding hydrogens is 249 g/mol. The molecule has 2 rings (SSSR count). The van der Waals surface area contributed by atoms with Crippen molar-refractivity contribution in [1.29, 1.82) is 0 Å². The van der Waals surface area contributed by atoms with E-state index in [0.29, 0.717) is 0 Å². The molecule has 98 valence electrons. The number of alkyl halides is 3. The topological polar surface area (TPSA) is 52.1 Å². The minimum Gasteiger partial charge on any atom is -0.468 e. The molecule has 1 unspecified atom stereocenters. The minimum absolute atomic E-state index is 0.0130. The van der Waals surface area contributed by atoms with Gasteiger partial charge in [-0.2, -0.15) is 13.2 Å². The van der Waals surface area contributed by atoms with E-state index < -0.39 is 23.8 Å². The number of halogens is 3. The van der Waals surface area contributed by atoms with Gasteiger partial charge in [0.2, 0.25) is 0 Å². The quantitative estimate of drug-likeness (QED) is 0.781. The van der Waals surface area contributed by atoms with E-state index in [1.165, 1.54) is 7.11 Å². The lowest BCUT2D eigenvalue weighted by molar-refractivity contribution is -0.145. The molecule has 7 heteroatoms. The number of carbonyl (C=O) groups excluding carboxylic acids is 1. The summed E-state index contributed by atoms with van der Waals surface area (Å²) in [6.45, 7) is 0. The highest BCUT2D eigenvalue weighted by Gasteiger charge is 2.41. The molecule has 0 aromatic carbocycles. The Morgan fingerprint density at radius 3 is 2.67 bits per heavy atom. The number of aromatic nitrogens is 2. The lowest BCUT2D eigenvalue weighted by Gasteiger charge is -2.13. The Hall–Kier alpha value is -1.66. The smallest absolute Gasteiger partial charge is 0.433 e. The van der Waals surface area contributed by atoms with Gasteiger partial charge in [0.05, 0.1) is 7.11 Å². The molecule has 0 radical (unpaired) electrons. The number of carbonyl (C=O) groups is 1. The van der Waals surface area contributed by atoms with Gasteiger partial charge in [-0.1, -0.05) is 0 Å². The van der Waals surface area contributed by atoms with Crippen molar-refractivity contribution in [3.05, 3.63) is 23.8 Å². The van der Waals surface area contributed by atoms with Crippen LogP contribution in [0.2, 0.25) is 0 Å². The van der Waals surface area contributed by atoms with Gasteiger partial charge in [0.25, 0.3) is 0 Å². The summed E-state index contributed by atoms with van der Waals surface area (Å²) in [5.41, 5.74) is -1.04. The van der Waals surface area contributed by atoms with E-state index in [2.05, 4.69) is 14.7 Å². The van der Waals surface area contributed by atoms with Crippen molar-refractivity contribution in [2.45, 2.75) is 24.9 Å². The molecular formula is C11H11F3N2O2. The number of nitrogens with zero attached hydrogens (tertiary/aromatic N) is 2. The fourth-order valence-electron chi connectivity index (χ4n) is 1.75. The van der Waals surface area contributed by atoms with Gasteiger partial charge in [0, 0.05) is 6.20 Å². The van der Waals surface area contributed by atoms with Gasteiger partial charge in [0.15, 0.2) is 0 Å². The number of rotatable bonds is 3. The van der Waals surface area contributed by atoms with Gasteiger partial charge in [-0.3, -0.25) is 4.79 Å². The van der Waals surface area contributed by atoms with Crippen LogP contribution in [0.3, 0.4) is 0 Å². The van der Waals surface area contributed by atoms with E-state index in [1.54, 1.807) is 0 Å². The first-order valence-corrected chi connectivity index (χ1v) is 5.41. The van der Waals surface area contributed by atoms with E-state index >= 15 is 0 Å². The normalized spacial score (nSPS) is 17.3. The van der Waals surface area contributed by atoms with Gasteiger partial charge in [-0.15, -0.1) is 0 Å². The summed E-state index contributed by atoms with van der Waals surface area (Å²) in [5.74, 6) is -1.51. The van der Waals surface area contributed by atoms with E-state index in [0.717, 1.165) is 25.1 Å². The summed E-state index contributed by atoms with van der Waals surface area (Å²) in [4.78, 5) is 18.8. The molecule has 1 aliphatic carbocycles. The molecule has 0 saturated heterocycles. The van der Waals surface area contributed by atoms with Crippen LogP contribution < -0.4 is 0 Å². The molecule has 1 fully saturated rings. The Kier molecular flexibility index (Phi) is 3.23. The van der Waals surface area contributed by atoms with Crippen LogP contribution in [-0.2, 0) is 15.7 Å². The molecule has 0 aliphatic heterocycles. The number of hydrogen-bond acceptors (Lipinski definition) is 4. The van der Waals surface area contributed by atoms with Crippen LogP contribution in [0.1, 0.15) is 30.3 Å². The zero-order chi connectivity index (χ0) is 13.3. The molecule has 1 heterocycles. The van der Waals surface area contributed by atoms with Crippen LogP contribution in [-0.4, -0.2) is 23.0 Å². The summed E-state index contributed by atoms with van der Waals surface area (Å²) in [6.07, 6.45) is -1.97. The van der Waals surface area contributed by atoms with Crippen molar-refractivity contribution in [3.8, 4) is 0 Å². The third kappa shape index (κ3) is 2.60. The first-order valence-electron chi connectivity index (χ1n) is 5.41. The first kappa shape index (κ1) is 12.8. The van der Waals surface area contributed by atoms with E-state index in [9.17, 15) is 18.0 Å². The maximum atomic E-state index is 12.5. The fourth-order valence-corrected chi connectivity index (χ4v) is 1.75. The monoisotopic (exact) mass is 260 g/mol. The molecule has 18 heavy (non-hydrogen) atoms. The molecule has 0 N–H and O–H groups in total. The Morgan fingerprint density at radius 1 is 1.50 bits per heavy atom. The number of ether oxygens (including phenoxy) is 1. The molecule has 1 aromatic rings. The molecule has 0 bridgehead atoms. The molecule has 0 spiro atoms. The second-order valence-corrected chi connectivity index (χ2v) is 4.14. The standard InChI is InChI=1S/C11H11F3N2O2/c1-18-10(17)8(6-2-3-6)9-15-5-4-7(16-9)11(12,13)14/h4-6,8H,2-3H2,1H3. The second-order valence-electron chi connectivity index (χ2n) is 4.14. The van der Waals surface area contributed by atoms with Gasteiger partial charge >= 0.3 is 12.1 Å². The Balaban J connectivity index is 2.33. The largest absolute Gasteiger partial charge is 0.468 e. The SMILES string of the molecule is COC(=O)C(c1nccc(C(F)(F)F)n1)C1CC1. The third-order valence-electron chi connectivity index (χ3n) is 2.79. The highest BCUT2D eigenvalue weighted by molar-refractivity contribution is 5.77. The maximum Gasteiger partial charge on any atom is 0.433 e. The summed E-state index contributed by atoms with van der Waals surface area (Å²) < 4.78 is 42.2. The average Bonchev–Trinajstić information content (AvgIpc) is 3.13. The summed E-state index contributed by atoms with van der Waals surface area (Å²) >= 11 is 0. The average molecular weight is 260 g/mol. The highest BCUT2D eigenvalue weighted by atomic mass is 19.4. The Morgan fingerprint density at radius 2 is 2.17 bits per heavy atom. The Bertz CT molecular complexity index is 458. The highest BCUT2D eigenvalue weighted by Crippen LogP contribution is 2.42. The zero-order valence-electron chi connectivity index (χ0n) is 9.57. The van der Waals surface area contributed by atoms with Crippen LogP contribution in [0.4, 0.5) is 13.2 Å². The van der Waals surface area contributed by atoms with Crippen LogP contribution in [0, 0.1) is 5.92 Å². The predicted octanol–water partition coefficient (Wildman–Crippen LogP) is 2.16. The molecule has 4 nitrogen and oxygen atoms in total. The van der Waals surface area contributed by atoms with Crippen molar-refractivity contribution >= 4 is 5.97 Å². The van der Waals surface area contributed by atoms with Crippen LogP contribution in [0.5, 0.6) is 0 Å². The van der Waals surface area contributed by atoms with Crippen molar-refractivity contribution in [1.82, 2.24) is 9.97 Å². The van der Waals surface area contributed by atoms with Crippen LogP contribution >= 0.6 is 0 Å². The summed E-state index contributed by atoms with van der Waals surface area (Å²) in [7, 11) is 1.20. The van der Waals surface area contributed by atoms with Crippen LogP contribution in [0.15, 0.2) is 12.3 Å². The van der Waals surface area contributed by atoms with E-state index in [1.807, 2.05) is 0 Å². The lowest BCUT2D eigenvalue weighted by Crippen LogP contribution is -2.21. The number of esters is 1. The molecule has 1 aliphatic rings. The van der Waals surface area contributed by atoms with Crippen molar-refractivity contribution < 1.29 is 22.7 Å². The maximum absolute atomic E-state index is 12.5. The van der Waals surface area contributed by atoms with Crippen molar-refractivity contribution in [3.63, 3.8) is 0 Å². The Labute approximate surface area is 101 Å². The lowest BCUT2D eigenvalue weighted by atomic mass is 10.0. The third-order valence-corrected chi connectivity index (χ3v) is 2.79.